The maximum atomic E-state index is 6.05. The summed E-state index contributed by atoms with van der Waals surface area (Å²) in [5, 5.41) is 5.75. The molecule has 1 N–H and O–H groups in total. The van der Waals surface area contributed by atoms with Gasteiger partial charge in [-0.15, -0.1) is 0 Å². The molecule has 86 valence electrons. The maximum Gasteiger partial charge on any atom is 0.0471 e. The summed E-state index contributed by atoms with van der Waals surface area (Å²) >= 11 is 6.05. The molecule has 4 rings (SSSR count). The Kier molecular flexibility index (Phi) is 1.94. The van der Waals surface area contributed by atoms with Crippen molar-refractivity contribution < 1.29 is 0 Å². The van der Waals surface area contributed by atoms with Gasteiger partial charge in [-0.05, 0) is 35.0 Å². The molecule has 3 aromatic carbocycles. The number of benzene rings is 3. The molecule has 0 amide bonds. The lowest BCUT2D eigenvalue weighted by Crippen LogP contribution is -1.75. The third-order valence-electron chi connectivity index (χ3n) is 3.45. The highest BCUT2D eigenvalue weighted by Gasteiger charge is 2.07. The highest BCUT2D eigenvalue weighted by Crippen LogP contribution is 2.32. The molecular formula is C16H10ClN. The lowest BCUT2D eigenvalue weighted by Gasteiger charge is -2.01. The number of aromatic amines is 1. The largest absolute Gasteiger partial charge is 0.354 e. The molecule has 0 radical (unpaired) electrons. The third kappa shape index (κ3) is 1.28. The van der Waals surface area contributed by atoms with E-state index in [4.69, 9.17) is 11.6 Å². The van der Waals surface area contributed by atoms with Crippen LogP contribution in [0, 0.1) is 0 Å². The summed E-state index contributed by atoms with van der Waals surface area (Å²) in [4.78, 5) is 3.45. The molecule has 1 nitrogen and oxygen atoms in total. The Morgan fingerprint density at radius 1 is 0.778 bits per heavy atom. The molecule has 0 spiro atoms. The molecule has 0 saturated heterocycles. The molecule has 0 bridgehead atoms. The number of halogens is 1. The quantitative estimate of drug-likeness (QED) is 0.446. The number of hydrogen-bond acceptors (Lipinski definition) is 0. The maximum absolute atomic E-state index is 6.05. The Hall–Kier alpha value is -1.99. The summed E-state index contributed by atoms with van der Waals surface area (Å²) < 4.78 is 0. The molecule has 1 aromatic heterocycles. The van der Waals surface area contributed by atoms with Gasteiger partial charge >= 0.3 is 0 Å². The first-order chi connectivity index (χ1) is 8.83. The number of hydrogen-bond donors (Lipinski definition) is 1. The van der Waals surface area contributed by atoms with Crippen LogP contribution in [0.15, 0.2) is 54.6 Å². The lowest BCUT2D eigenvalue weighted by molar-refractivity contribution is 1.55. The first kappa shape index (κ1) is 9.98. The zero-order chi connectivity index (χ0) is 12.1. The van der Waals surface area contributed by atoms with Crippen LogP contribution in [0.2, 0.25) is 5.02 Å². The van der Waals surface area contributed by atoms with E-state index >= 15 is 0 Å². The van der Waals surface area contributed by atoms with Gasteiger partial charge in [0.25, 0.3) is 0 Å². The summed E-state index contributed by atoms with van der Waals surface area (Å²) in [6, 6.07) is 18.7. The van der Waals surface area contributed by atoms with Gasteiger partial charge in [0.15, 0.2) is 0 Å². The SMILES string of the molecule is Clc1ccc2c(ccc3[nH]c4ccccc4c32)c1. The summed E-state index contributed by atoms with van der Waals surface area (Å²) in [5.74, 6) is 0. The predicted molar refractivity (Wildman–Crippen MR) is 78.3 cm³/mol. The molecule has 18 heavy (non-hydrogen) atoms. The van der Waals surface area contributed by atoms with Crippen LogP contribution in [0.3, 0.4) is 0 Å². The topological polar surface area (TPSA) is 15.8 Å². The molecule has 0 aliphatic carbocycles. The van der Waals surface area contributed by atoms with Crippen molar-refractivity contribution in [1.29, 1.82) is 0 Å². The van der Waals surface area contributed by atoms with Crippen molar-refractivity contribution in [1.82, 2.24) is 4.98 Å². The number of aromatic nitrogens is 1. The van der Waals surface area contributed by atoms with Crippen molar-refractivity contribution in [3.8, 4) is 0 Å². The molecule has 1 heterocycles. The Morgan fingerprint density at radius 3 is 2.61 bits per heavy atom. The van der Waals surface area contributed by atoms with Crippen molar-refractivity contribution in [2.75, 3.05) is 0 Å². The van der Waals surface area contributed by atoms with Crippen molar-refractivity contribution in [3.63, 3.8) is 0 Å². The van der Waals surface area contributed by atoms with E-state index in [1.807, 2.05) is 12.1 Å². The second kappa shape index (κ2) is 3.50. The van der Waals surface area contributed by atoms with Gasteiger partial charge in [0.05, 0.1) is 0 Å². The minimum absolute atomic E-state index is 0.779. The number of fused-ring (bicyclic) bond motifs is 5. The second-order valence-corrected chi connectivity index (χ2v) is 4.96. The van der Waals surface area contributed by atoms with Crippen LogP contribution in [0.5, 0.6) is 0 Å². The highest BCUT2D eigenvalue weighted by atomic mass is 35.5. The Morgan fingerprint density at radius 2 is 1.67 bits per heavy atom. The minimum atomic E-state index is 0.779. The van der Waals surface area contributed by atoms with E-state index < -0.39 is 0 Å². The van der Waals surface area contributed by atoms with Crippen LogP contribution in [-0.2, 0) is 0 Å². The average molecular weight is 252 g/mol. The van der Waals surface area contributed by atoms with Gasteiger partial charge in [-0.25, -0.2) is 0 Å². The highest BCUT2D eigenvalue weighted by molar-refractivity contribution is 6.32. The Labute approximate surface area is 109 Å². The van der Waals surface area contributed by atoms with Crippen molar-refractivity contribution in [2.24, 2.45) is 0 Å². The van der Waals surface area contributed by atoms with Gasteiger partial charge in [-0.3, -0.25) is 0 Å². The third-order valence-corrected chi connectivity index (χ3v) is 3.68. The average Bonchev–Trinajstić information content (AvgIpc) is 2.77. The van der Waals surface area contributed by atoms with E-state index in [1.165, 1.54) is 32.6 Å². The van der Waals surface area contributed by atoms with E-state index in [0.717, 1.165) is 5.02 Å². The number of para-hydroxylation sites is 1. The van der Waals surface area contributed by atoms with Crippen LogP contribution in [0.4, 0.5) is 0 Å². The smallest absolute Gasteiger partial charge is 0.0471 e. The van der Waals surface area contributed by atoms with Crippen molar-refractivity contribution in [3.05, 3.63) is 59.6 Å². The summed E-state index contributed by atoms with van der Waals surface area (Å²) in [6.45, 7) is 0. The van der Waals surface area contributed by atoms with Crippen LogP contribution < -0.4 is 0 Å². The minimum Gasteiger partial charge on any atom is -0.354 e. The summed E-state index contributed by atoms with van der Waals surface area (Å²) in [6.07, 6.45) is 0. The van der Waals surface area contributed by atoms with Gasteiger partial charge in [-0.2, -0.15) is 0 Å². The number of H-pyrrole nitrogens is 1. The van der Waals surface area contributed by atoms with Crippen molar-refractivity contribution >= 4 is 44.2 Å². The summed E-state index contributed by atoms with van der Waals surface area (Å²) in [5.41, 5.74) is 2.35. The van der Waals surface area contributed by atoms with Gasteiger partial charge < -0.3 is 4.98 Å². The fourth-order valence-corrected chi connectivity index (χ4v) is 2.83. The monoisotopic (exact) mass is 251 g/mol. The molecule has 0 unspecified atom stereocenters. The van der Waals surface area contributed by atoms with Crippen LogP contribution in [0.1, 0.15) is 0 Å². The Balaban J connectivity index is 2.32. The standard InChI is InChI=1S/C16H10ClN/c17-11-6-7-12-10(9-11)5-8-15-16(12)13-3-1-2-4-14(13)18-15/h1-9,18H. The van der Waals surface area contributed by atoms with E-state index in [9.17, 15) is 0 Å². The van der Waals surface area contributed by atoms with Gasteiger partial charge in [0, 0.05) is 26.8 Å². The fraction of sp³-hybridized carbons (Fsp3) is 0. The zero-order valence-corrected chi connectivity index (χ0v) is 10.3. The van der Waals surface area contributed by atoms with E-state index in [0.29, 0.717) is 0 Å². The lowest BCUT2D eigenvalue weighted by atomic mass is 10.0. The molecular weight excluding hydrogens is 242 g/mol. The van der Waals surface area contributed by atoms with Crippen LogP contribution in [-0.4, -0.2) is 4.98 Å². The summed E-state index contributed by atoms with van der Waals surface area (Å²) in [7, 11) is 0. The molecule has 0 aliphatic rings. The predicted octanol–water partition coefficient (Wildman–Crippen LogP) is 5.13. The second-order valence-electron chi connectivity index (χ2n) is 4.52. The molecule has 2 heteroatoms. The van der Waals surface area contributed by atoms with E-state index in [-0.39, 0.29) is 0 Å². The molecule has 0 saturated carbocycles. The first-order valence-electron chi connectivity index (χ1n) is 5.92. The van der Waals surface area contributed by atoms with E-state index in [2.05, 4.69) is 47.4 Å². The number of nitrogens with one attached hydrogen (secondary N) is 1. The van der Waals surface area contributed by atoms with Gasteiger partial charge in [0.2, 0.25) is 0 Å². The van der Waals surface area contributed by atoms with Gasteiger partial charge in [-0.1, -0.05) is 41.9 Å². The molecule has 0 atom stereocenters. The fourth-order valence-electron chi connectivity index (χ4n) is 2.65. The molecule has 0 aliphatic heterocycles. The Bertz CT molecular complexity index is 889. The first-order valence-corrected chi connectivity index (χ1v) is 6.29. The number of rotatable bonds is 0. The van der Waals surface area contributed by atoms with Crippen LogP contribution >= 0.6 is 11.6 Å². The molecule has 4 aromatic rings. The zero-order valence-electron chi connectivity index (χ0n) is 9.57. The van der Waals surface area contributed by atoms with E-state index in [1.54, 1.807) is 0 Å². The van der Waals surface area contributed by atoms with Crippen LogP contribution in [0.25, 0.3) is 32.6 Å². The normalized spacial score (nSPS) is 11.6. The molecule has 0 fully saturated rings. The van der Waals surface area contributed by atoms with Crippen molar-refractivity contribution in [2.45, 2.75) is 0 Å². The van der Waals surface area contributed by atoms with Gasteiger partial charge in [0.1, 0.15) is 0 Å².